The molecule has 0 N–H and O–H groups in total. The number of carbonyl (C=O) groups is 2. The second-order valence-electron chi connectivity index (χ2n) is 6.47. The Balaban J connectivity index is 1.74. The first-order valence-corrected chi connectivity index (χ1v) is 9.59. The van der Waals surface area contributed by atoms with Crippen molar-refractivity contribution in [2.24, 2.45) is 0 Å². The Bertz CT molecular complexity index is 1110. The maximum Gasteiger partial charge on any atom is 0.336 e. The van der Waals surface area contributed by atoms with Gasteiger partial charge in [-0.1, -0.05) is 48.5 Å². The third kappa shape index (κ3) is 5.93. The molecule has 0 fully saturated rings. The minimum absolute atomic E-state index is 0.246. The number of para-hydroxylation sites is 1. The van der Waals surface area contributed by atoms with Gasteiger partial charge >= 0.3 is 5.97 Å². The average molecular weight is 414 g/mol. The number of hydrogen-bond acceptors (Lipinski definition) is 5. The van der Waals surface area contributed by atoms with E-state index in [0.29, 0.717) is 28.4 Å². The molecule has 0 aliphatic rings. The van der Waals surface area contributed by atoms with Gasteiger partial charge in [0, 0.05) is 17.7 Å². The summed E-state index contributed by atoms with van der Waals surface area (Å²) in [5.41, 5.74) is 1.90. The predicted molar refractivity (Wildman–Crippen MR) is 120 cm³/mol. The van der Waals surface area contributed by atoms with Crippen molar-refractivity contribution in [3.05, 3.63) is 102 Å². The quantitative estimate of drug-likeness (QED) is 0.219. The molecule has 0 aromatic heterocycles. The van der Waals surface area contributed by atoms with E-state index in [4.69, 9.17) is 14.2 Å². The van der Waals surface area contributed by atoms with Crippen LogP contribution in [0, 0.1) is 0 Å². The van der Waals surface area contributed by atoms with E-state index in [-0.39, 0.29) is 5.78 Å². The highest BCUT2D eigenvalue weighted by Gasteiger charge is 2.11. The van der Waals surface area contributed by atoms with E-state index in [1.165, 1.54) is 19.3 Å². The summed E-state index contributed by atoms with van der Waals surface area (Å²) in [6.45, 7) is 0. The summed E-state index contributed by atoms with van der Waals surface area (Å²) in [6, 6.07) is 21.4. The third-order valence-corrected chi connectivity index (χ3v) is 4.43. The number of ketones is 1. The summed E-state index contributed by atoms with van der Waals surface area (Å²) in [7, 11) is 3.04. The Hall–Kier alpha value is -4.12. The van der Waals surface area contributed by atoms with Crippen LogP contribution in [0.25, 0.3) is 12.2 Å². The molecule has 0 radical (unpaired) electrons. The first-order valence-electron chi connectivity index (χ1n) is 9.59. The summed E-state index contributed by atoms with van der Waals surface area (Å²) in [5, 5.41) is 0. The Morgan fingerprint density at radius 2 is 1.48 bits per heavy atom. The average Bonchev–Trinajstić information content (AvgIpc) is 2.82. The molecule has 31 heavy (non-hydrogen) atoms. The molecule has 0 atom stereocenters. The summed E-state index contributed by atoms with van der Waals surface area (Å²) in [4.78, 5) is 24.9. The van der Waals surface area contributed by atoms with Crippen molar-refractivity contribution >= 4 is 23.9 Å². The fraction of sp³-hybridized carbons (Fsp3) is 0.0769. The Morgan fingerprint density at radius 3 is 2.23 bits per heavy atom. The molecule has 0 saturated carbocycles. The lowest BCUT2D eigenvalue weighted by Crippen LogP contribution is -2.05. The molecule has 0 aliphatic heterocycles. The van der Waals surface area contributed by atoms with Gasteiger partial charge < -0.3 is 14.2 Å². The molecule has 0 amide bonds. The van der Waals surface area contributed by atoms with Crippen molar-refractivity contribution in [3.8, 4) is 17.2 Å². The lowest BCUT2D eigenvalue weighted by molar-refractivity contribution is -0.128. The molecule has 0 heterocycles. The number of ether oxygens (including phenoxy) is 3. The van der Waals surface area contributed by atoms with Crippen molar-refractivity contribution < 1.29 is 23.8 Å². The number of allylic oxidation sites excluding steroid dienone is 1. The van der Waals surface area contributed by atoms with Crippen LogP contribution in [-0.4, -0.2) is 26.0 Å². The number of methoxy groups -OCH3 is 2. The first-order chi connectivity index (χ1) is 15.1. The molecule has 0 saturated heterocycles. The second-order valence-corrected chi connectivity index (χ2v) is 6.47. The number of esters is 1. The monoisotopic (exact) mass is 414 g/mol. The summed E-state index contributed by atoms with van der Waals surface area (Å²) in [5.74, 6) is 0.617. The summed E-state index contributed by atoms with van der Waals surface area (Å²) >= 11 is 0. The molecule has 156 valence electrons. The molecule has 3 aromatic rings. The number of benzene rings is 3. The molecular formula is C26H22O5. The normalized spacial score (nSPS) is 10.9. The zero-order chi connectivity index (χ0) is 22.1. The van der Waals surface area contributed by atoms with Gasteiger partial charge in [-0.15, -0.1) is 0 Å². The van der Waals surface area contributed by atoms with Crippen LogP contribution in [0.2, 0.25) is 0 Å². The van der Waals surface area contributed by atoms with Crippen molar-refractivity contribution in [2.45, 2.75) is 0 Å². The van der Waals surface area contributed by atoms with E-state index in [0.717, 1.165) is 5.56 Å². The summed E-state index contributed by atoms with van der Waals surface area (Å²) in [6.07, 6.45) is 6.07. The smallest absolute Gasteiger partial charge is 0.336 e. The molecular weight excluding hydrogens is 392 g/mol. The van der Waals surface area contributed by atoms with Crippen LogP contribution in [0.15, 0.2) is 84.9 Å². The van der Waals surface area contributed by atoms with Crippen LogP contribution in [0.4, 0.5) is 0 Å². The first kappa shape index (κ1) is 21.6. The van der Waals surface area contributed by atoms with Crippen LogP contribution >= 0.6 is 0 Å². The highest BCUT2D eigenvalue weighted by Crippen LogP contribution is 2.26. The lowest BCUT2D eigenvalue weighted by atomic mass is 10.1. The van der Waals surface area contributed by atoms with Gasteiger partial charge in [0.05, 0.1) is 19.8 Å². The molecule has 5 heteroatoms. The van der Waals surface area contributed by atoms with Gasteiger partial charge in [-0.2, -0.15) is 0 Å². The third-order valence-electron chi connectivity index (χ3n) is 4.43. The van der Waals surface area contributed by atoms with E-state index in [1.807, 2.05) is 30.3 Å². The minimum Gasteiger partial charge on any atom is -0.497 e. The van der Waals surface area contributed by atoms with Crippen LogP contribution in [0.1, 0.15) is 21.5 Å². The topological polar surface area (TPSA) is 61.8 Å². The van der Waals surface area contributed by atoms with Gasteiger partial charge in [-0.05, 0) is 42.0 Å². The maximum atomic E-state index is 12.7. The molecule has 0 aliphatic carbocycles. The molecule has 3 rings (SSSR count). The van der Waals surface area contributed by atoms with Gasteiger partial charge in [-0.3, -0.25) is 4.79 Å². The van der Waals surface area contributed by atoms with E-state index in [9.17, 15) is 9.59 Å². The van der Waals surface area contributed by atoms with E-state index in [2.05, 4.69) is 0 Å². The van der Waals surface area contributed by atoms with Crippen molar-refractivity contribution in [1.82, 2.24) is 0 Å². The van der Waals surface area contributed by atoms with E-state index < -0.39 is 5.97 Å². The van der Waals surface area contributed by atoms with Crippen molar-refractivity contribution in [3.63, 3.8) is 0 Å². The molecule has 0 spiro atoms. The molecule has 0 bridgehead atoms. The number of hydrogen-bond donors (Lipinski definition) is 0. The Labute approximate surface area is 181 Å². The lowest BCUT2D eigenvalue weighted by Gasteiger charge is -2.08. The highest BCUT2D eigenvalue weighted by molar-refractivity contribution is 6.09. The summed E-state index contributed by atoms with van der Waals surface area (Å²) < 4.78 is 15.9. The fourth-order valence-corrected chi connectivity index (χ4v) is 2.84. The standard InChI is InChI=1S/C26H22O5/c1-29-21-14-15-22(25(18-21)30-2)23(27)16-13-20-10-6-7-11-24(20)31-26(28)17-12-19-8-4-3-5-9-19/h3-18H,1-2H3. The molecule has 5 nitrogen and oxygen atoms in total. The number of rotatable bonds is 8. The molecule has 0 unspecified atom stereocenters. The van der Waals surface area contributed by atoms with Crippen LogP contribution in [0.5, 0.6) is 17.2 Å². The van der Waals surface area contributed by atoms with Gasteiger partial charge in [0.25, 0.3) is 0 Å². The van der Waals surface area contributed by atoms with Crippen molar-refractivity contribution in [1.29, 1.82) is 0 Å². The van der Waals surface area contributed by atoms with Gasteiger partial charge in [0.2, 0.25) is 0 Å². The minimum atomic E-state index is -0.507. The number of carbonyl (C=O) groups excluding carboxylic acids is 2. The van der Waals surface area contributed by atoms with E-state index >= 15 is 0 Å². The Kier molecular flexibility index (Phi) is 7.38. The van der Waals surface area contributed by atoms with Crippen LogP contribution in [0.3, 0.4) is 0 Å². The maximum absolute atomic E-state index is 12.7. The zero-order valence-electron chi connectivity index (χ0n) is 17.3. The van der Waals surface area contributed by atoms with Crippen LogP contribution < -0.4 is 14.2 Å². The van der Waals surface area contributed by atoms with E-state index in [1.54, 1.807) is 61.7 Å². The predicted octanol–water partition coefficient (Wildman–Crippen LogP) is 5.22. The highest BCUT2D eigenvalue weighted by atomic mass is 16.5. The van der Waals surface area contributed by atoms with Crippen molar-refractivity contribution in [2.75, 3.05) is 14.2 Å². The largest absolute Gasteiger partial charge is 0.497 e. The van der Waals surface area contributed by atoms with Gasteiger partial charge in [0.15, 0.2) is 5.78 Å². The molecule has 3 aromatic carbocycles. The SMILES string of the molecule is COc1ccc(C(=O)C=Cc2ccccc2OC(=O)C=Cc2ccccc2)c(OC)c1. The van der Waals surface area contributed by atoms with Gasteiger partial charge in [-0.25, -0.2) is 4.79 Å². The zero-order valence-corrected chi connectivity index (χ0v) is 17.3. The second kappa shape index (κ2) is 10.6. The fourth-order valence-electron chi connectivity index (χ4n) is 2.84. The van der Waals surface area contributed by atoms with Crippen LogP contribution in [-0.2, 0) is 4.79 Å². The van der Waals surface area contributed by atoms with Gasteiger partial charge in [0.1, 0.15) is 17.2 Å². The Morgan fingerprint density at radius 1 is 0.742 bits per heavy atom.